The van der Waals surface area contributed by atoms with Crippen LogP contribution in [0.15, 0.2) is 60.2 Å². The molecule has 0 saturated heterocycles. The van der Waals surface area contributed by atoms with E-state index in [1.165, 1.54) is 24.3 Å². The molecule has 0 spiro atoms. The molecule has 0 aliphatic rings. The van der Waals surface area contributed by atoms with Gasteiger partial charge in [0.1, 0.15) is 11.6 Å². The van der Waals surface area contributed by atoms with Crippen LogP contribution < -0.4 is 0 Å². The lowest BCUT2D eigenvalue weighted by Gasteiger charge is -2.10. The topological polar surface area (TPSA) is 9.23 Å². The molecule has 0 unspecified atom stereocenters. The highest BCUT2D eigenvalue weighted by atomic mass is 19.1. The summed E-state index contributed by atoms with van der Waals surface area (Å²) in [5.41, 5.74) is 4.19. The van der Waals surface area contributed by atoms with Crippen LogP contribution in [0.3, 0.4) is 0 Å². The van der Waals surface area contributed by atoms with E-state index in [1.54, 1.807) is 31.4 Å². The Hall–Kier alpha value is -2.26. The summed E-state index contributed by atoms with van der Waals surface area (Å²) in [5, 5.41) is 0. The quantitative estimate of drug-likeness (QED) is 0.455. The predicted octanol–water partition coefficient (Wildman–Crippen LogP) is 5.88. The van der Waals surface area contributed by atoms with E-state index in [-0.39, 0.29) is 11.6 Å². The molecule has 0 amide bonds. The van der Waals surface area contributed by atoms with Crippen molar-refractivity contribution in [3.05, 3.63) is 82.9 Å². The van der Waals surface area contributed by atoms with Gasteiger partial charge < -0.3 is 4.74 Å². The van der Waals surface area contributed by atoms with Crippen molar-refractivity contribution in [3.63, 3.8) is 0 Å². The van der Waals surface area contributed by atoms with Gasteiger partial charge in [0.2, 0.25) is 0 Å². The molecule has 0 atom stereocenters. The summed E-state index contributed by atoms with van der Waals surface area (Å²) in [6.07, 6.45) is 5.77. The van der Waals surface area contributed by atoms with Gasteiger partial charge in [0, 0.05) is 13.7 Å². The Morgan fingerprint density at radius 3 is 2.12 bits per heavy atom. The minimum Gasteiger partial charge on any atom is -0.385 e. The lowest BCUT2D eigenvalue weighted by Crippen LogP contribution is -1.93. The van der Waals surface area contributed by atoms with Gasteiger partial charge in [-0.25, -0.2) is 8.78 Å². The number of rotatable bonds is 7. The monoisotopic (exact) mass is 328 g/mol. The summed E-state index contributed by atoms with van der Waals surface area (Å²) in [4.78, 5) is 0. The van der Waals surface area contributed by atoms with Crippen LogP contribution >= 0.6 is 0 Å². The molecule has 0 radical (unpaired) electrons. The van der Waals surface area contributed by atoms with Crippen molar-refractivity contribution in [1.82, 2.24) is 0 Å². The maximum atomic E-state index is 13.1. The van der Waals surface area contributed by atoms with Crippen LogP contribution in [-0.4, -0.2) is 13.7 Å². The zero-order valence-electron chi connectivity index (χ0n) is 14.1. The molecular formula is C21H22F2O. The largest absolute Gasteiger partial charge is 0.385 e. The van der Waals surface area contributed by atoms with Gasteiger partial charge in [-0.05, 0) is 66.3 Å². The fraction of sp³-hybridized carbons (Fsp3) is 0.238. The van der Waals surface area contributed by atoms with Gasteiger partial charge in [-0.3, -0.25) is 0 Å². The summed E-state index contributed by atoms with van der Waals surface area (Å²) < 4.78 is 31.3. The number of halogens is 2. The van der Waals surface area contributed by atoms with Crippen molar-refractivity contribution in [3.8, 4) is 0 Å². The molecule has 24 heavy (non-hydrogen) atoms. The maximum Gasteiger partial charge on any atom is 0.123 e. The van der Waals surface area contributed by atoms with Crippen LogP contribution in [0, 0.1) is 11.6 Å². The summed E-state index contributed by atoms with van der Waals surface area (Å²) in [7, 11) is 1.69. The number of ether oxygens (including phenoxy) is 1. The third kappa shape index (κ3) is 5.43. The number of hydrogen-bond donors (Lipinski definition) is 0. The second kappa shape index (κ2) is 9.14. The smallest absolute Gasteiger partial charge is 0.123 e. The van der Waals surface area contributed by atoms with Crippen LogP contribution in [0.4, 0.5) is 8.78 Å². The van der Waals surface area contributed by atoms with Crippen LogP contribution in [0.1, 0.15) is 30.9 Å². The Bertz CT molecular complexity index is 698. The Labute approximate surface area is 142 Å². The van der Waals surface area contributed by atoms with E-state index in [1.807, 2.05) is 19.1 Å². The van der Waals surface area contributed by atoms with Crippen LogP contribution in [0.2, 0.25) is 0 Å². The average molecular weight is 328 g/mol. The number of methoxy groups -OCH3 is 1. The van der Waals surface area contributed by atoms with Crippen molar-refractivity contribution in [2.45, 2.75) is 19.8 Å². The molecule has 0 heterocycles. The van der Waals surface area contributed by atoms with E-state index in [2.05, 4.69) is 0 Å². The van der Waals surface area contributed by atoms with Crippen molar-refractivity contribution in [1.29, 1.82) is 0 Å². The minimum atomic E-state index is -0.245. The average Bonchev–Trinajstić information content (AvgIpc) is 2.59. The van der Waals surface area contributed by atoms with Crippen LogP contribution in [0.25, 0.3) is 11.6 Å². The molecule has 1 nitrogen and oxygen atoms in total. The number of allylic oxidation sites excluding steroid dienone is 3. The number of hydrogen-bond acceptors (Lipinski definition) is 1. The zero-order chi connectivity index (χ0) is 17.4. The van der Waals surface area contributed by atoms with Crippen LogP contribution in [0.5, 0.6) is 0 Å². The van der Waals surface area contributed by atoms with E-state index < -0.39 is 0 Å². The summed E-state index contributed by atoms with van der Waals surface area (Å²) in [5.74, 6) is -0.486. The number of benzene rings is 2. The van der Waals surface area contributed by atoms with Gasteiger partial charge in [0.15, 0.2) is 0 Å². The summed E-state index contributed by atoms with van der Waals surface area (Å²) >= 11 is 0. The zero-order valence-corrected chi connectivity index (χ0v) is 14.1. The van der Waals surface area contributed by atoms with E-state index in [0.717, 1.165) is 35.1 Å². The fourth-order valence-electron chi connectivity index (χ4n) is 2.46. The Morgan fingerprint density at radius 1 is 0.958 bits per heavy atom. The van der Waals surface area contributed by atoms with E-state index in [9.17, 15) is 8.78 Å². The highest BCUT2D eigenvalue weighted by Crippen LogP contribution is 2.24. The first-order chi connectivity index (χ1) is 11.6. The SMILES string of the molecule is COCCCC(/C=C/c1ccc(F)cc1)=C(/C)c1ccc(F)cc1. The second-order valence-electron chi connectivity index (χ2n) is 5.64. The van der Waals surface area contributed by atoms with Gasteiger partial charge in [-0.15, -0.1) is 0 Å². The molecule has 0 aliphatic carbocycles. The molecule has 0 fully saturated rings. The predicted molar refractivity (Wildman–Crippen MR) is 95.5 cm³/mol. The second-order valence-corrected chi connectivity index (χ2v) is 5.64. The molecule has 3 heteroatoms. The van der Waals surface area contributed by atoms with Gasteiger partial charge in [-0.1, -0.05) is 36.4 Å². The molecule has 0 aromatic heterocycles. The first-order valence-electron chi connectivity index (χ1n) is 7.98. The lowest BCUT2D eigenvalue weighted by atomic mass is 9.97. The molecule has 0 N–H and O–H groups in total. The fourth-order valence-corrected chi connectivity index (χ4v) is 2.46. The molecule has 2 rings (SSSR count). The van der Waals surface area contributed by atoms with Crippen molar-refractivity contribution < 1.29 is 13.5 Å². The highest BCUT2D eigenvalue weighted by molar-refractivity contribution is 5.71. The third-order valence-corrected chi connectivity index (χ3v) is 3.90. The van der Waals surface area contributed by atoms with Crippen LogP contribution in [-0.2, 0) is 4.74 Å². The van der Waals surface area contributed by atoms with E-state index >= 15 is 0 Å². The van der Waals surface area contributed by atoms with E-state index in [0.29, 0.717) is 6.61 Å². The Kier molecular flexibility index (Phi) is 6.89. The lowest BCUT2D eigenvalue weighted by molar-refractivity contribution is 0.195. The Balaban J connectivity index is 2.26. The first-order valence-corrected chi connectivity index (χ1v) is 7.98. The molecule has 2 aromatic rings. The van der Waals surface area contributed by atoms with Crippen molar-refractivity contribution >= 4 is 11.6 Å². The Morgan fingerprint density at radius 2 is 1.54 bits per heavy atom. The van der Waals surface area contributed by atoms with Gasteiger partial charge in [0.05, 0.1) is 0 Å². The normalized spacial score (nSPS) is 12.5. The van der Waals surface area contributed by atoms with Crippen molar-refractivity contribution in [2.75, 3.05) is 13.7 Å². The molecule has 126 valence electrons. The summed E-state index contributed by atoms with van der Waals surface area (Å²) in [6.45, 7) is 2.72. The highest BCUT2D eigenvalue weighted by Gasteiger charge is 2.04. The molecule has 0 saturated carbocycles. The maximum absolute atomic E-state index is 13.1. The first kappa shape index (κ1) is 18.1. The van der Waals surface area contributed by atoms with Gasteiger partial charge >= 0.3 is 0 Å². The summed E-state index contributed by atoms with van der Waals surface area (Å²) in [6, 6.07) is 12.9. The standard InChI is InChI=1S/C21H22F2O/c1-16(19-9-13-21(23)14-10-19)18(4-3-15-24-2)8-5-17-6-11-20(22)12-7-17/h5-14H,3-4,15H2,1-2H3/b8-5+,18-16+. The van der Waals surface area contributed by atoms with Gasteiger partial charge in [0.25, 0.3) is 0 Å². The molecular weight excluding hydrogens is 306 g/mol. The van der Waals surface area contributed by atoms with Crippen molar-refractivity contribution in [2.24, 2.45) is 0 Å². The molecule has 0 bridgehead atoms. The molecule has 2 aromatic carbocycles. The van der Waals surface area contributed by atoms with Gasteiger partial charge in [-0.2, -0.15) is 0 Å². The molecule has 0 aliphatic heterocycles. The third-order valence-electron chi connectivity index (χ3n) is 3.90. The minimum absolute atomic E-state index is 0.241. The van der Waals surface area contributed by atoms with E-state index in [4.69, 9.17) is 4.74 Å².